The number of aryl methyl sites for hydroxylation is 1. The Bertz CT molecular complexity index is 949. The topological polar surface area (TPSA) is 0 Å². The zero-order valence-corrected chi connectivity index (χ0v) is 14.8. The normalized spacial score (nSPS) is 11.3. The summed E-state index contributed by atoms with van der Waals surface area (Å²) >= 11 is 0. The van der Waals surface area contributed by atoms with E-state index in [0.29, 0.717) is 5.56 Å². The van der Waals surface area contributed by atoms with Crippen molar-refractivity contribution >= 4 is 0 Å². The van der Waals surface area contributed by atoms with E-state index in [-0.39, 0.29) is 11.1 Å². The van der Waals surface area contributed by atoms with Gasteiger partial charge >= 0.3 is 0 Å². The van der Waals surface area contributed by atoms with Crippen molar-refractivity contribution in [3.8, 4) is 22.3 Å². The van der Waals surface area contributed by atoms with Gasteiger partial charge in [0, 0.05) is 5.56 Å². The molecule has 3 aromatic rings. The number of hydrogen-bond donors (Lipinski definition) is 0. The molecule has 0 unspecified atom stereocenters. The lowest BCUT2D eigenvalue weighted by atomic mass is 9.98. The van der Waals surface area contributed by atoms with Crippen LogP contribution in [0.1, 0.15) is 18.9 Å². The van der Waals surface area contributed by atoms with Gasteiger partial charge < -0.3 is 0 Å². The van der Waals surface area contributed by atoms with Gasteiger partial charge in [0.15, 0.2) is 17.5 Å². The lowest BCUT2D eigenvalue weighted by Crippen LogP contribution is -1.94. The van der Waals surface area contributed by atoms with Crippen LogP contribution in [-0.2, 0) is 6.42 Å². The molecule has 0 radical (unpaired) electrons. The van der Waals surface area contributed by atoms with Crippen LogP contribution < -0.4 is 0 Å². The van der Waals surface area contributed by atoms with Gasteiger partial charge in [-0.2, -0.15) is 0 Å². The summed E-state index contributed by atoms with van der Waals surface area (Å²) in [5.74, 6) is -4.88. The molecule has 0 aliphatic heterocycles. The van der Waals surface area contributed by atoms with Crippen molar-refractivity contribution in [2.24, 2.45) is 0 Å². The fraction of sp³-hybridized carbons (Fsp3) is 0.130. The van der Waals surface area contributed by atoms with Crippen molar-refractivity contribution in [2.45, 2.75) is 19.8 Å². The van der Waals surface area contributed by atoms with Crippen molar-refractivity contribution in [1.29, 1.82) is 0 Å². The highest BCUT2D eigenvalue weighted by Gasteiger charge is 2.14. The van der Waals surface area contributed by atoms with Crippen LogP contribution in [0.15, 0.2) is 66.7 Å². The second kappa shape index (κ2) is 8.21. The molecule has 27 heavy (non-hydrogen) atoms. The van der Waals surface area contributed by atoms with E-state index in [1.54, 1.807) is 6.07 Å². The summed E-state index contributed by atoms with van der Waals surface area (Å²) in [6.07, 6.45) is 6.00. The fourth-order valence-electron chi connectivity index (χ4n) is 2.92. The maximum atomic E-state index is 14.5. The molecule has 4 heteroatoms. The largest absolute Gasteiger partial charge is 0.206 e. The highest BCUT2D eigenvalue weighted by Crippen LogP contribution is 2.30. The summed E-state index contributed by atoms with van der Waals surface area (Å²) in [6.45, 7) is 1.98. The third kappa shape index (κ3) is 4.27. The van der Waals surface area contributed by atoms with Crippen molar-refractivity contribution in [2.75, 3.05) is 0 Å². The van der Waals surface area contributed by atoms with Gasteiger partial charge in [0.25, 0.3) is 0 Å². The summed E-state index contributed by atoms with van der Waals surface area (Å²) in [7, 11) is 0. The van der Waals surface area contributed by atoms with E-state index >= 15 is 0 Å². The van der Waals surface area contributed by atoms with E-state index in [1.165, 1.54) is 17.7 Å². The van der Waals surface area contributed by atoms with Crippen LogP contribution in [0.25, 0.3) is 22.3 Å². The van der Waals surface area contributed by atoms with E-state index in [4.69, 9.17) is 0 Å². The number of benzene rings is 3. The Balaban J connectivity index is 1.86. The van der Waals surface area contributed by atoms with Crippen molar-refractivity contribution < 1.29 is 17.6 Å². The number of halogens is 4. The smallest absolute Gasteiger partial charge is 0.194 e. The van der Waals surface area contributed by atoms with E-state index < -0.39 is 23.3 Å². The van der Waals surface area contributed by atoms with Crippen LogP contribution in [-0.4, -0.2) is 0 Å². The Hall–Kier alpha value is -2.88. The Kier molecular flexibility index (Phi) is 5.75. The first-order chi connectivity index (χ1) is 13.0. The molecule has 3 rings (SSSR count). The Morgan fingerprint density at radius 3 is 1.89 bits per heavy atom. The van der Waals surface area contributed by atoms with Crippen LogP contribution in [0, 0.1) is 23.3 Å². The standard InChI is InChI=1S/C23H18F4/c1-2-3-4-5-15-6-8-16(9-7-15)17-10-11-19(20(24)12-17)18-13-21(25)23(27)22(26)14-18/h2-3,6-14H,4-5H2,1H3. The zero-order valence-electron chi connectivity index (χ0n) is 14.8. The maximum absolute atomic E-state index is 14.5. The van der Waals surface area contributed by atoms with Crippen molar-refractivity contribution in [1.82, 2.24) is 0 Å². The summed E-state index contributed by atoms with van der Waals surface area (Å²) in [5.41, 5.74) is 2.64. The van der Waals surface area contributed by atoms with Gasteiger partial charge in [0.05, 0.1) is 0 Å². The van der Waals surface area contributed by atoms with Gasteiger partial charge in [0.2, 0.25) is 0 Å². The molecule has 0 N–H and O–H groups in total. The highest BCUT2D eigenvalue weighted by molar-refractivity contribution is 5.71. The maximum Gasteiger partial charge on any atom is 0.194 e. The molecule has 0 bridgehead atoms. The molecule has 0 saturated heterocycles. The average Bonchev–Trinajstić information content (AvgIpc) is 2.66. The summed E-state index contributed by atoms with van der Waals surface area (Å²) in [6, 6.07) is 13.8. The van der Waals surface area contributed by atoms with Gasteiger partial charge in [-0.3, -0.25) is 0 Å². The zero-order chi connectivity index (χ0) is 19.4. The van der Waals surface area contributed by atoms with Crippen LogP contribution in [0.2, 0.25) is 0 Å². The minimum atomic E-state index is -1.56. The summed E-state index contributed by atoms with van der Waals surface area (Å²) in [5, 5.41) is 0. The molecule has 0 aromatic heterocycles. The Morgan fingerprint density at radius 1 is 0.704 bits per heavy atom. The number of rotatable bonds is 5. The van der Waals surface area contributed by atoms with Crippen molar-refractivity contribution in [3.63, 3.8) is 0 Å². The quantitative estimate of drug-likeness (QED) is 0.256. The van der Waals surface area contributed by atoms with Crippen molar-refractivity contribution in [3.05, 3.63) is 95.6 Å². The summed E-state index contributed by atoms with van der Waals surface area (Å²) < 4.78 is 54.4. The van der Waals surface area contributed by atoms with E-state index in [1.807, 2.05) is 37.3 Å². The monoisotopic (exact) mass is 370 g/mol. The SMILES string of the molecule is CC=CCCc1ccc(-c2ccc(-c3cc(F)c(F)c(F)c3)c(F)c2)cc1. The second-order valence-electron chi connectivity index (χ2n) is 6.25. The van der Waals surface area contributed by atoms with E-state index in [9.17, 15) is 17.6 Å². The molecule has 0 amide bonds. The van der Waals surface area contributed by atoms with Crippen LogP contribution >= 0.6 is 0 Å². The lowest BCUT2D eigenvalue weighted by molar-refractivity contribution is 0.447. The summed E-state index contributed by atoms with van der Waals surface area (Å²) in [4.78, 5) is 0. The van der Waals surface area contributed by atoms with Gasteiger partial charge in [-0.25, -0.2) is 17.6 Å². The lowest BCUT2D eigenvalue weighted by Gasteiger charge is -2.09. The van der Waals surface area contributed by atoms with Crippen LogP contribution in [0.3, 0.4) is 0 Å². The molecule has 0 aliphatic carbocycles. The molecular formula is C23H18F4. The molecule has 0 atom stereocenters. The third-order valence-corrected chi connectivity index (χ3v) is 4.39. The Labute approximate surface area is 155 Å². The minimum Gasteiger partial charge on any atom is -0.206 e. The van der Waals surface area contributed by atoms with E-state index in [0.717, 1.165) is 30.5 Å². The molecule has 0 spiro atoms. The molecular weight excluding hydrogens is 352 g/mol. The van der Waals surface area contributed by atoms with Crippen LogP contribution in [0.4, 0.5) is 17.6 Å². The minimum absolute atomic E-state index is 0.0134. The molecule has 0 aliphatic rings. The van der Waals surface area contributed by atoms with Gasteiger partial charge in [-0.05, 0) is 60.2 Å². The van der Waals surface area contributed by atoms with Gasteiger partial charge in [-0.15, -0.1) is 0 Å². The number of allylic oxidation sites excluding steroid dienone is 2. The first-order valence-electron chi connectivity index (χ1n) is 8.64. The fourth-order valence-corrected chi connectivity index (χ4v) is 2.92. The third-order valence-electron chi connectivity index (χ3n) is 4.39. The van der Waals surface area contributed by atoms with Gasteiger partial charge in [-0.1, -0.05) is 48.6 Å². The molecule has 0 saturated carbocycles. The van der Waals surface area contributed by atoms with Gasteiger partial charge in [0.1, 0.15) is 5.82 Å². The predicted molar refractivity (Wildman–Crippen MR) is 100 cm³/mol. The van der Waals surface area contributed by atoms with E-state index in [2.05, 4.69) is 6.08 Å². The molecule has 138 valence electrons. The van der Waals surface area contributed by atoms with Crippen LogP contribution in [0.5, 0.6) is 0 Å². The first-order valence-corrected chi connectivity index (χ1v) is 8.64. The second-order valence-corrected chi connectivity index (χ2v) is 6.25. The Morgan fingerprint density at radius 2 is 1.30 bits per heavy atom. The highest BCUT2D eigenvalue weighted by atomic mass is 19.2. The average molecular weight is 370 g/mol. The molecule has 0 heterocycles. The molecule has 0 fully saturated rings. The molecule has 0 nitrogen and oxygen atoms in total. The first kappa shape index (κ1) is 18.9. The number of hydrogen-bond acceptors (Lipinski definition) is 0. The molecule has 3 aromatic carbocycles. The predicted octanol–water partition coefficient (Wildman–Crippen LogP) is 7.09.